The zero-order valence-corrected chi connectivity index (χ0v) is 21.8. The molecule has 0 bridgehead atoms. The quantitative estimate of drug-likeness (QED) is 0.383. The van der Waals surface area contributed by atoms with E-state index in [9.17, 15) is 18.0 Å². The Bertz CT molecular complexity index is 1110. The van der Waals surface area contributed by atoms with Crippen molar-refractivity contribution in [1.29, 1.82) is 0 Å². The number of esters is 1. The molecule has 2 aromatic rings. The van der Waals surface area contributed by atoms with Crippen LogP contribution < -0.4 is 9.50 Å². The highest BCUT2D eigenvalue weighted by molar-refractivity contribution is 7.87. The number of amides is 2. The number of methoxy groups -OCH3 is 1. The van der Waals surface area contributed by atoms with Crippen molar-refractivity contribution in [2.45, 2.75) is 57.7 Å². The molecule has 1 N–H and O–H groups in total. The third kappa shape index (κ3) is 8.88. The average Bonchev–Trinajstić information content (AvgIpc) is 2.76. The van der Waals surface area contributed by atoms with Crippen molar-refractivity contribution in [3.63, 3.8) is 0 Å². The van der Waals surface area contributed by atoms with Crippen LogP contribution in [0.2, 0.25) is 0 Å². The fraction of sp³-hybridized carbons (Fsp3) is 0.440. The van der Waals surface area contributed by atoms with Gasteiger partial charge in [-0.2, -0.15) is 8.42 Å². The van der Waals surface area contributed by atoms with Crippen molar-refractivity contribution >= 4 is 22.1 Å². The number of hydrogen-bond donors (Lipinski definition) is 1. The maximum Gasteiger partial charge on any atom is 0.340 e. The van der Waals surface area contributed by atoms with E-state index in [4.69, 9.17) is 13.7 Å². The van der Waals surface area contributed by atoms with E-state index in [1.54, 1.807) is 44.1 Å². The summed E-state index contributed by atoms with van der Waals surface area (Å²) >= 11 is 0. The summed E-state index contributed by atoms with van der Waals surface area (Å²) in [4.78, 5) is 26.3. The molecule has 0 atom stereocenters. The van der Waals surface area contributed by atoms with Crippen LogP contribution in [0, 0.1) is 0 Å². The molecule has 2 aromatic carbocycles. The first-order valence-electron chi connectivity index (χ1n) is 11.2. The van der Waals surface area contributed by atoms with Crippen LogP contribution in [0.3, 0.4) is 0 Å². The Labute approximate surface area is 207 Å². The summed E-state index contributed by atoms with van der Waals surface area (Å²) in [6.45, 7) is 10.1. The van der Waals surface area contributed by atoms with Gasteiger partial charge in [0.15, 0.2) is 0 Å². The maximum atomic E-state index is 12.9. The Morgan fingerprint density at radius 2 is 1.66 bits per heavy atom. The van der Waals surface area contributed by atoms with Gasteiger partial charge in [0.05, 0.1) is 18.3 Å². The Morgan fingerprint density at radius 3 is 2.23 bits per heavy atom. The van der Waals surface area contributed by atoms with E-state index in [0.29, 0.717) is 19.7 Å². The first-order valence-corrected chi connectivity index (χ1v) is 12.6. The first kappa shape index (κ1) is 28.1. The monoisotopic (exact) mass is 506 g/mol. The van der Waals surface area contributed by atoms with Gasteiger partial charge in [-0.25, -0.2) is 9.59 Å². The van der Waals surface area contributed by atoms with Gasteiger partial charge in [-0.1, -0.05) is 24.3 Å². The van der Waals surface area contributed by atoms with Gasteiger partial charge in [0.1, 0.15) is 10.6 Å². The van der Waals surface area contributed by atoms with Crippen molar-refractivity contribution in [1.82, 2.24) is 10.2 Å². The SMILES string of the molecule is COCCN(Cc1ccc(OS(=O)(=O)c2ccccc2C(=O)OC(C)C)cc1)C(=O)NC(C)(C)C. The third-order valence-electron chi connectivity index (χ3n) is 4.56. The Balaban J connectivity index is 2.18. The van der Waals surface area contributed by atoms with E-state index >= 15 is 0 Å². The molecule has 2 amide bonds. The molecular formula is C25H34N2O7S. The second-order valence-corrected chi connectivity index (χ2v) is 10.7. The van der Waals surface area contributed by atoms with Crippen LogP contribution in [0.15, 0.2) is 53.4 Å². The molecule has 0 saturated carbocycles. The van der Waals surface area contributed by atoms with E-state index in [1.165, 1.54) is 30.3 Å². The van der Waals surface area contributed by atoms with Crippen LogP contribution in [0.4, 0.5) is 4.79 Å². The lowest BCUT2D eigenvalue weighted by atomic mass is 10.1. The highest BCUT2D eigenvalue weighted by atomic mass is 32.2. The molecule has 35 heavy (non-hydrogen) atoms. The lowest BCUT2D eigenvalue weighted by Gasteiger charge is -2.28. The number of nitrogens with zero attached hydrogens (tertiary/aromatic N) is 1. The van der Waals surface area contributed by atoms with Gasteiger partial charge in [0.2, 0.25) is 0 Å². The van der Waals surface area contributed by atoms with Crippen molar-refractivity contribution < 1.29 is 31.7 Å². The molecular weight excluding hydrogens is 472 g/mol. The molecule has 0 spiro atoms. The molecule has 0 aliphatic rings. The van der Waals surface area contributed by atoms with Gasteiger partial charge < -0.3 is 23.9 Å². The molecule has 0 aliphatic carbocycles. The average molecular weight is 507 g/mol. The van der Waals surface area contributed by atoms with Gasteiger partial charge in [0.25, 0.3) is 0 Å². The zero-order valence-electron chi connectivity index (χ0n) is 21.0. The second-order valence-electron chi connectivity index (χ2n) is 9.23. The van der Waals surface area contributed by atoms with Crippen LogP contribution in [-0.4, -0.2) is 57.2 Å². The molecule has 0 aromatic heterocycles. The summed E-state index contributed by atoms with van der Waals surface area (Å²) in [7, 11) is -2.74. The van der Waals surface area contributed by atoms with E-state index in [0.717, 1.165) is 5.56 Å². The standard InChI is InChI=1S/C25H34N2O7S/c1-18(2)33-23(28)21-9-7-8-10-22(21)35(30,31)34-20-13-11-19(12-14-20)17-27(15-16-32-6)24(29)26-25(3,4)5/h7-14,18H,15-17H2,1-6H3,(H,26,29). The molecule has 0 radical (unpaired) electrons. The normalized spacial score (nSPS) is 11.7. The summed E-state index contributed by atoms with van der Waals surface area (Å²) in [6, 6.07) is 11.8. The third-order valence-corrected chi connectivity index (χ3v) is 5.86. The largest absolute Gasteiger partial charge is 0.459 e. The molecule has 0 heterocycles. The molecule has 0 unspecified atom stereocenters. The van der Waals surface area contributed by atoms with Crippen LogP contribution in [0.25, 0.3) is 0 Å². The fourth-order valence-electron chi connectivity index (χ4n) is 3.03. The van der Waals surface area contributed by atoms with E-state index in [2.05, 4.69) is 5.32 Å². The fourth-order valence-corrected chi connectivity index (χ4v) is 4.15. The topological polar surface area (TPSA) is 111 Å². The second kappa shape index (κ2) is 12.0. The number of carbonyl (C=O) groups excluding carboxylic acids is 2. The van der Waals surface area contributed by atoms with Crippen LogP contribution in [-0.2, 0) is 26.1 Å². The van der Waals surface area contributed by atoms with E-state index in [-0.39, 0.29) is 22.2 Å². The number of carbonyl (C=O) groups is 2. The Morgan fingerprint density at radius 1 is 1.03 bits per heavy atom. The number of hydrogen-bond acceptors (Lipinski definition) is 7. The van der Waals surface area contributed by atoms with Gasteiger partial charge in [-0.3, -0.25) is 0 Å². The number of urea groups is 1. The van der Waals surface area contributed by atoms with Crippen LogP contribution >= 0.6 is 0 Å². The first-order chi connectivity index (χ1) is 16.3. The molecule has 0 fully saturated rings. The van der Waals surface area contributed by atoms with E-state index < -0.39 is 27.7 Å². The molecule has 192 valence electrons. The molecule has 0 aliphatic heterocycles. The van der Waals surface area contributed by atoms with Crippen LogP contribution in [0.1, 0.15) is 50.5 Å². The zero-order chi connectivity index (χ0) is 26.2. The number of ether oxygens (including phenoxy) is 2. The molecule has 0 saturated heterocycles. The summed E-state index contributed by atoms with van der Waals surface area (Å²) in [5.74, 6) is -0.675. The van der Waals surface area contributed by atoms with E-state index in [1.807, 2.05) is 20.8 Å². The minimum atomic E-state index is -4.30. The number of rotatable bonds is 10. The predicted molar refractivity (Wildman–Crippen MR) is 132 cm³/mol. The Kier molecular flexibility index (Phi) is 9.67. The maximum absolute atomic E-state index is 12.9. The molecule has 2 rings (SSSR count). The molecule has 9 nitrogen and oxygen atoms in total. The van der Waals surface area contributed by atoms with Crippen molar-refractivity contribution in [2.75, 3.05) is 20.3 Å². The smallest absolute Gasteiger partial charge is 0.340 e. The van der Waals surface area contributed by atoms with Crippen molar-refractivity contribution in [3.8, 4) is 5.75 Å². The van der Waals surface area contributed by atoms with Gasteiger partial charge in [-0.05, 0) is 64.4 Å². The predicted octanol–water partition coefficient (Wildman–Crippen LogP) is 3.98. The highest BCUT2D eigenvalue weighted by Gasteiger charge is 2.26. The lowest BCUT2D eigenvalue weighted by molar-refractivity contribution is 0.0373. The summed E-state index contributed by atoms with van der Waals surface area (Å²) in [5, 5.41) is 2.92. The van der Waals surface area contributed by atoms with Gasteiger partial charge >= 0.3 is 22.1 Å². The summed E-state index contributed by atoms with van der Waals surface area (Å²) < 4.78 is 41.4. The molecule has 10 heteroatoms. The van der Waals surface area contributed by atoms with Gasteiger partial charge in [0, 0.05) is 25.7 Å². The number of nitrogens with one attached hydrogen (secondary N) is 1. The summed E-state index contributed by atoms with van der Waals surface area (Å²) in [5.41, 5.74) is 0.277. The van der Waals surface area contributed by atoms with Crippen molar-refractivity contribution in [3.05, 3.63) is 59.7 Å². The summed E-state index contributed by atoms with van der Waals surface area (Å²) in [6.07, 6.45) is -0.402. The Hall–Kier alpha value is -3.11. The highest BCUT2D eigenvalue weighted by Crippen LogP contribution is 2.23. The minimum absolute atomic E-state index is 0.0726. The van der Waals surface area contributed by atoms with Gasteiger partial charge in [-0.15, -0.1) is 0 Å². The minimum Gasteiger partial charge on any atom is -0.459 e. The lowest BCUT2D eigenvalue weighted by Crippen LogP contribution is -2.49. The number of benzene rings is 2. The van der Waals surface area contributed by atoms with Crippen LogP contribution in [0.5, 0.6) is 5.75 Å². The van der Waals surface area contributed by atoms with Crippen molar-refractivity contribution in [2.24, 2.45) is 0 Å².